The summed E-state index contributed by atoms with van der Waals surface area (Å²) in [7, 11) is -1.76. The van der Waals surface area contributed by atoms with E-state index in [-0.39, 0.29) is 24.2 Å². The van der Waals surface area contributed by atoms with Gasteiger partial charge in [-0.3, -0.25) is 4.79 Å². The fourth-order valence-corrected chi connectivity index (χ4v) is 3.83. The van der Waals surface area contributed by atoms with Gasteiger partial charge in [-0.2, -0.15) is 0 Å². The first-order valence-corrected chi connectivity index (χ1v) is 8.53. The van der Waals surface area contributed by atoms with E-state index in [0.29, 0.717) is 17.7 Å². The molecule has 0 aliphatic carbocycles. The molecule has 1 aromatic carbocycles. The molecule has 1 aromatic rings. The van der Waals surface area contributed by atoms with Gasteiger partial charge >= 0.3 is 5.97 Å². The third-order valence-electron chi connectivity index (χ3n) is 3.22. The summed E-state index contributed by atoms with van der Waals surface area (Å²) < 4.78 is 32.5. The number of hydrogen-bond donors (Lipinski definition) is 1. The molecule has 8 heteroatoms. The topological polar surface area (TPSA) is 98.8 Å². The predicted molar refractivity (Wildman–Crippen MR) is 78.5 cm³/mol. The van der Waals surface area contributed by atoms with Crippen molar-refractivity contribution in [2.24, 2.45) is 0 Å². The van der Waals surface area contributed by atoms with E-state index >= 15 is 0 Å². The van der Waals surface area contributed by atoms with Gasteiger partial charge in [0.05, 0.1) is 24.2 Å². The summed E-state index contributed by atoms with van der Waals surface area (Å²) in [5.74, 6) is -0.468. The smallest absolute Gasteiger partial charge is 0.337 e. The van der Waals surface area contributed by atoms with Crippen LogP contribution in [0.2, 0.25) is 0 Å². The van der Waals surface area contributed by atoms with Crippen molar-refractivity contribution in [3.8, 4) is 5.75 Å². The second-order valence-corrected chi connectivity index (χ2v) is 7.20. The van der Waals surface area contributed by atoms with E-state index in [9.17, 15) is 18.0 Å². The third kappa shape index (κ3) is 4.45. The summed E-state index contributed by atoms with van der Waals surface area (Å²) in [6, 6.07) is 5.91. The van der Waals surface area contributed by atoms with Crippen LogP contribution in [0.25, 0.3) is 0 Å². The Hall–Kier alpha value is -2.09. The van der Waals surface area contributed by atoms with E-state index in [1.807, 2.05) is 0 Å². The lowest BCUT2D eigenvalue weighted by atomic mass is 10.2. The largest absolute Gasteiger partial charge is 0.484 e. The van der Waals surface area contributed by atoms with Crippen molar-refractivity contribution in [2.75, 3.05) is 25.2 Å². The number of sulfone groups is 1. The van der Waals surface area contributed by atoms with Crippen LogP contribution in [0.15, 0.2) is 24.3 Å². The van der Waals surface area contributed by atoms with Crippen LogP contribution in [-0.2, 0) is 19.4 Å². The summed E-state index contributed by atoms with van der Waals surface area (Å²) in [4.78, 5) is 23.1. The maximum absolute atomic E-state index is 11.7. The molecule has 0 bridgehead atoms. The van der Waals surface area contributed by atoms with Gasteiger partial charge in [0.2, 0.25) is 0 Å². The quantitative estimate of drug-likeness (QED) is 0.773. The molecule has 1 aliphatic heterocycles. The highest BCUT2D eigenvalue weighted by Crippen LogP contribution is 2.14. The number of hydrogen-bond acceptors (Lipinski definition) is 6. The third-order valence-corrected chi connectivity index (χ3v) is 4.99. The summed E-state index contributed by atoms with van der Waals surface area (Å²) in [5.41, 5.74) is 0.322. The van der Waals surface area contributed by atoms with Crippen LogP contribution < -0.4 is 10.1 Å². The van der Waals surface area contributed by atoms with Crippen LogP contribution in [0.1, 0.15) is 16.8 Å². The Morgan fingerprint density at radius 3 is 2.77 bits per heavy atom. The molecule has 1 amide bonds. The Morgan fingerprint density at radius 1 is 1.36 bits per heavy atom. The first-order chi connectivity index (χ1) is 10.4. The number of rotatable bonds is 5. The molecular weight excluding hydrogens is 310 g/mol. The number of benzene rings is 1. The fourth-order valence-electron chi connectivity index (χ4n) is 2.16. The average Bonchev–Trinajstić information content (AvgIpc) is 2.83. The van der Waals surface area contributed by atoms with E-state index in [4.69, 9.17) is 4.74 Å². The zero-order valence-corrected chi connectivity index (χ0v) is 12.9. The van der Waals surface area contributed by atoms with E-state index in [1.54, 1.807) is 18.2 Å². The Bertz CT molecular complexity index is 670. The second kappa shape index (κ2) is 6.78. The van der Waals surface area contributed by atoms with Gasteiger partial charge in [0.25, 0.3) is 5.91 Å². The van der Waals surface area contributed by atoms with Gasteiger partial charge in [-0.1, -0.05) is 6.07 Å². The monoisotopic (exact) mass is 327 g/mol. The zero-order valence-electron chi connectivity index (χ0n) is 12.1. The van der Waals surface area contributed by atoms with Crippen molar-refractivity contribution in [2.45, 2.75) is 12.5 Å². The Labute approximate surface area is 128 Å². The van der Waals surface area contributed by atoms with Gasteiger partial charge in [-0.25, -0.2) is 13.2 Å². The number of methoxy groups -OCH3 is 1. The van der Waals surface area contributed by atoms with Crippen LogP contribution in [-0.4, -0.2) is 51.6 Å². The highest BCUT2D eigenvalue weighted by atomic mass is 32.2. The summed E-state index contributed by atoms with van der Waals surface area (Å²) in [5, 5.41) is 2.62. The minimum atomic E-state index is -3.03. The molecule has 120 valence electrons. The van der Waals surface area contributed by atoms with E-state index in [0.717, 1.165) is 0 Å². The van der Waals surface area contributed by atoms with Crippen molar-refractivity contribution in [3.05, 3.63) is 29.8 Å². The van der Waals surface area contributed by atoms with E-state index < -0.39 is 21.7 Å². The van der Waals surface area contributed by atoms with Crippen LogP contribution in [0.5, 0.6) is 5.75 Å². The summed E-state index contributed by atoms with van der Waals surface area (Å²) >= 11 is 0. The van der Waals surface area contributed by atoms with E-state index in [1.165, 1.54) is 13.2 Å². The molecule has 1 saturated heterocycles. The van der Waals surface area contributed by atoms with Gasteiger partial charge in [0.1, 0.15) is 5.75 Å². The number of nitrogens with one attached hydrogen (secondary N) is 1. The normalized spacial score (nSPS) is 19.4. The molecule has 7 nitrogen and oxygen atoms in total. The lowest BCUT2D eigenvalue weighted by Gasteiger charge is -2.12. The number of carbonyl (C=O) groups excluding carboxylic acids is 2. The Balaban J connectivity index is 1.85. The molecule has 1 atom stereocenters. The highest BCUT2D eigenvalue weighted by molar-refractivity contribution is 7.91. The molecule has 1 N–H and O–H groups in total. The molecule has 2 rings (SSSR count). The molecule has 0 aromatic heterocycles. The van der Waals surface area contributed by atoms with Gasteiger partial charge in [-0.15, -0.1) is 0 Å². The minimum absolute atomic E-state index is 0.0312. The van der Waals surface area contributed by atoms with E-state index in [2.05, 4.69) is 10.1 Å². The van der Waals surface area contributed by atoms with Crippen LogP contribution in [0, 0.1) is 0 Å². The van der Waals surface area contributed by atoms with Crippen LogP contribution in [0.3, 0.4) is 0 Å². The molecule has 0 radical (unpaired) electrons. The SMILES string of the molecule is COC(=O)c1cccc(OCC(=O)N[C@@H]2CCS(=O)(=O)C2)c1. The van der Waals surface area contributed by atoms with Crippen molar-refractivity contribution in [1.82, 2.24) is 5.32 Å². The number of esters is 1. The standard InChI is InChI=1S/C14H17NO6S/c1-20-14(17)10-3-2-4-12(7-10)21-8-13(16)15-11-5-6-22(18,19)9-11/h2-4,7,11H,5-6,8-9H2,1H3,(H,15,16)/t11-/m1/s1. The van der Waals surface area contributed by atoms with Crippen molar-refractivity contribution in [1.29, 1.82) is 0 Å². The van der Waals surface area contributed by atoms with Crippen molar-refractivity contribution in [3.63, 3.8) is 0 Å². The first kappa shape index (κ1) is 16.3. The molecule has 22 heavy (non-hydrogen) atoms. The molecule has 0 unspecified atom stereocenters. The number of carbonyl (C=O) groups is 2. The number of amides is 1. The average molecular weight is 327 g/mol. The van der Waals surface area contributed by atoms with Crippen LogP contribution >= 0.6 is 0 Å². The number of ether oxygens (including phenoxy) is 2. The molecule has 0 saturated carbocycles. The van der Waals surface area contributed by atoms with Crippen molar-refractivity contribution >= 4 is 21.7 Å². The maximum atomic E-state index is 11.7. The molecular formula is C14H17NO6S. The van der Waals surface area contributed by atoms with Gasteiger partial charge in [0, 0.05) is 6.04 Å². The summed E-state index contributed by atoms with van der Waals surface area (Å²) in [6.07, 6.45) is 0.423. The van der Waals surface area contributed by atoms with Gasteiger partial charge in [0.15, 0.2) is 16.4 Å². The Kier molecular flexibility index (Phi) is 5.02. The van der Waals surface area contributed by atoms with Crippen molar-refractivity contribution < 1.29 is 27.5 Å². The molecule has 1 fully saturated rings. The fraction of sp³-hybridized carbons (Fsp3) is 0.429. The molecule has 1 aliphatic rings. The van der Waals surface area contributed by atoms with Crippen LogP contribution in [0.4, 0.5) is 0 Å². The molecule has 1 heterocycles. The Morgan fingerprint density at radius 2 is 2.14 bits per heavy atom. The summed E-state index contributed by atoms with van der Waals surface area (Å²) in [6.45, 7) is -0.249. The first-order valence-electron chi connectivity index (χ1n) is 6.70. The zero-order chi connectivity index (χ0) is 16.2. The lowest BCUT2D eigenvalue weighted by Crippen LogP contribution is -2.38. The lowest BCUT2D eigenvalue weighted by molar-refractivity contribution is -0.123. The predicted octanol–water partition coefficient (Wildman–Crippen LogP) is 0.155. The highest BCUT2D eigenvalue weighted by Gasteiger charge is 2.28. The minimum Gasteiger partial charge on any atom is -0.484 e. The van der Waals surface area contributed by atoms with Gasteiger partial charge < -0.3 is 14.8 Å². The van der Waals surface area contributed by atoms with Gasteiger partial charge in [-0.05, 0) is 24.6 Å². The maximum Gasteiger partial charge on any atom is 0.337 e. The molecule has 0 spiro atoms. The second-order valence-electron chi connectivity index (χ2n) is 4.98.